The molecule has 2 heterocycles. The van der Waals surface area contributed by atoms with Gasteiger partial charge in [0.15, 0.2) is 0 Å². The number of hydrogen-bond acceptors (Lipinski definition) is 9. The van der Waals surface area contributed by atoms with Gasteiger partial charge in [0, 0.05) is 49.7 Å². The van der Waals surface area contributed by atoms with Crippen LogP contribution < -0.4 is 19.7 Å². The van der Waals surface area contributed by atoms with E-state index < -0.39 is 11.2 Å². The highest BCUT2D eigenvalue weighted by molar-refractivity contribution is 5.75. The van der Waals surface area contributed by atoms with Gasteiger partial charge < -0.3 is 39.0 Å². The highest BCUT2D eigenvalue weighted by Crippen LogP contribution is 2.28. The molecule has 2 aliphatic heterocycles. The third kappa shape index (κ3) is 13.6. The molecular weight excluding hydrogens is 697 g/mol. The molecule has 11 nitrogen and oxygen atoms in total. The van der Waals surface area contributed by atoms with Gasteiger partial charge in [-0.05, 0) is 94.6 Å². The molecule has 11 heteroatoms. The van der Waals surface area contributed by atoms with Crippen LogP contribution in [0.25, 0.3) is 0 Å². The Kier molecular flexibility index (Phi) is 15.0. The Morgan fingerprint density at radius 1 is 0.673 bits per heavy atom. The quantitative estimate of drug-likeness (QED) is 0.200. The van der Waals surface area contributed by atoms with Crippen LogP contribution in [0.5, 0.6) is 11.5 Å². The fourth-order valence-corrected chi connectivity index (χ4v) is 5.88. The molecule has 2 amide bonds. The Labute approximate surface area is 326 Å². The molecule has 0 bridgehead atoms. The van der Waals surface area contributed by atoms with E-state index in [1.165, 1.54) is 5.56 Å². The first kappa shape index (κ1) is 42.0. The molecule has 0 fully saturated rings. The molecule has 4 aromatic carbocycles. The molecule has 0 atom stereocenters. The fraction of sp³-hybridized carbons (Fsp3) is 0.386. The average molecular weight is 753 g/mol. The summed E-state index contributed by atoms with van der Waals surface area (Å²) in [6, 6.07) is 31.4. The Morgan fingerprint density at radius 2 is 1.24 bits per heavy atom. The SMILES string of the molecule is CC(C)(C)OC(=O)N1CCNc2ccccc2C1.COc1cccc(C=O)c1.COc1cccc(CN2CCN(C(=O)OC(C)(C)C)Cc3ccccc32)c1. The van der Waals surface area contributed by atoms with Gasteiger partial charge >= 0.3 is 12.2 Å². The maximum atomic E-state index is 12.6. The van der Waals surface area contributed by atoms with Gasteiger partial charge in [0.05, 0.1) is 27.3 Å². The number of carbonyl (C=O) groups is 3. The zero-order valence-electron chi connectivity index (χ0n) is 33.5. The Bertz CT molecular complexity index is 1870. The number of anilines is 2. The largest absolute Gasteiger partial charge is 0.497 e. The lowest BCUT2D eigenvalue weighted by atomic mass is 10.1. The van der Waals surface area contributed by atoms with E-state index in [9.17, 15) is 14.4 Å². The van der Waals surface area contributed by atoms with Crippen molar-refractivity contribution in [3.8, 4) is 11.5 Å². The number of fused-ring (bicyclic) bond motifs is 2. The third-order valence-corrected chi connectivity index (χ3v) is 8.45. The molecule has 0 unspecified atom stereocenters. The van der Waals surface area contributed by atoms with Crippen LogP contribution in [0.2, 0.25) is 0 Å². The number of nitrogens with zero attached hydrogens (tertiary/aromatic N) is 3. The van der Waals surface area contributed by atoms with E-state index in [-0.39, 0.29) is 12.2 Å². The smallest absolute Gasteiger partial charge is 0.410 e. The molecule has 0 aromatic heterocycles. The molecule has 0 radical (unpaired) electrons. The summed E-state index contributed by atoms with van der Waals surface area (Å²) in [6.45, 7) is 16.0. The predicted octanol–water partition coefficient (Wildman–Crippen LogP) is 8.81. The first-order valence-corrected chi connectivity index (χ1v) is 18.5. The van der Waals surface area contributed by atoms with Gasteiger partial charge in [0.2, 0.25) is 0 Å². The van der Waals surface area contributed by atoms with E-state index in [0.717, 1.165) is 54.2 Å². The van der Waals surface area contributed by atoms with E-state index in [2.05, 4.69) is 34.5 Å². The van der Waals surface area contributed by atoms with Crippen molar-refractivity contribution in [1.29, 1.82) is 0 Å². The van der Waals surface area contributed by atoms with E-state index in [0.29, 0.717) is 37.5 Å². The van der Waals surface area contributed by atoms with Crippen LogP contribution >= 0.6 is 0 Å². The monoisotopic (exact) mass is 752 g/mol. The van der Waals surface area contributed by atoms with Crippen molar-refractivity contribution in [3.05, 3.63) is 119 Å². The Morgan fingerprint density at radius 3 is 1.87 bits per heavy atom. The van der Waals surface area contributed by atoms with Crippen molar-refractivity contribution in [3.63, 3.8) is 0 Å². The first-order chi connectivity index (χ1) is 26.2. The summed E-state index contributed by atoms with van der Waals surface area (Å²) in [5.74, 6) is 1.57. The third-order valence-electron chi connectivity index (χ3n) is 8.45. The number of nitrogens with one attached hydrogen (secondary N) is 1. The summed E-state index contributed by atoms with van der Waals surface area (Å²) in [5.41, 5.74) is 5.38. The maximum Gasteiger partial charge on any atom is 0.410 e. The number of rotatable bonds is 5. The number of aldehydes is 1. The minimum absolute atomic E-state index is 0.249. The van der Waals surface area contributed by atoms with Crippen molar-refractivity contribution in [2.75, 3.05) is 50.6 Å². The number of para-hydroxylation sites is 2. The highest BCUT2D eigenvalue weighted by Gasteiger charge is 2.27. The Balaban J connectivity index is 0.000000205. The van der Waals surface area contributed by atoms with Crippen molar-refractivity contribution >= 4 is 29.8 Å². The van der Waals surface area contributed by atoms with Crippen LogP contribution in [0, 0.1) is 0 Å². The topological polar surface area (TPSA) is 110 Å². The molecule has 0 saturated carbocycles. The molecule has 1 N–H and O–H groups in total. The highest BCUT2D eigenvalue weighted by atomic mass is 16.6. The summed E-state index contributed by atoms with van der Waals surface area (Å²) >= 11 is 0. The van der Waals surface area contributed by atoms with Gasteiger partial charge in [-0.25, -0.2) is 9.59 Å². The van der Waals surface area contributed by atoms with Crippen LogP contribution in [0.3, 0.4) is 0 Å². The van der Waals surface area contributed by atoms with Crippen LogP contribution in [-0.2, 0) is 29.1 Å². The molecule has 0 aliphatic carbocycles. The van der Waals surface area contributed by atoms with E-state index in [1.54, 1.807) is 48.3 Å². The summed E-state index contributed by atoms with van der Waals surface area (Å²) in [4.78, 5) is 40.7. The maximum absolute atomic E-state index is 12.6. The van der Waals surface area contributed by atoms with E-state index in [4.69, 9.17) is 18.9 Å². The number of amides is 2. The standard InChI is InChI=1S/C22H28N2O3.C14H20N2O2.C8H8O2/c1-22(2,3)27-21(25)24-13-12-23(20-11-6-5-9-18(20)16-24)15-17-8-7-10-19(14-17)26-4;1-14(2,3)18-13(17)16-9-8-15-12-7-5-4-6-11(12)10-16;1-10-8-4-2-3-7(5-8)6-9/h5-11,14H,12-13,15-16H2,1-4H3;4-7,15H,8-10H2,1-3H3;2-6H,1H3. The second-order valence-electron chi connectivity index (χ2n) is 15.2. The molecule has 2 aliphatic rings. The molecule has 0 saturated heterocycles. The minimum atomic E-state index is -0.497. The second kappa shape index (κ2) is 19.6. The predicted molar refractivity (Wildman–Crippen MR) is 217 cm³/mol. The zero-order valence-corrected chi connectivity index (χ0v) is 33.5. The summed E-state index contributed by atoms with van der Waals surface area (Å²) in [6.07, 6.45) is 0.282. The van der Waals surface area contributed by atoms with Crippen molar-refractivity contribution in [2.24, 2.45) is 0 Å². The molecule has 294 valence electrons. The zero-order chi connectivity index (χ0) is 40.0. The van der Waals surface area contributed by atoms with Crippen LogP contribution in [0.1, 0.15) is 68.6 Å². The number of carbonyl (C=O) groups excluding carboxylic acids is 3. The summed E-state index contributed by atoms with van der Waals surface area (Å²) in [7, 11) is 3.25. The Hall–Kier alpha value is -5.71. The van der Waals surface area contributed by atoms with Crippen LogP contribution in [-0.4, -0.2) is 79.9 Å². The number of hydrogen-bond donors (Lipinski definition) is 1. The van der Waals surface area contributed by atoms with Crippen LogP contribution in [0.15, 0.2) is 97.1 Å². The van der Waals surface area contributed by atoms with Gasteiger partial charge in [-0.3, -0.25) is 4.79 Å². The fourth-order valence-electron chi connectivity index (χ4n) is 5.88. The lowest BCUT2D eigenvalue weighted by Gasteiger charge is -2.27. The van der Waals surface area contributed by atoms with Gasteiger partial charge in [-0.2, -0.15) is 0 Å². The second-order valence-corrected chi connectivity index (χ2v) is 15.2. The molecule has 0 spiro atoms. The number of methoxy groups -OCH3 is 2. The first-order valence-electron chi connectivity index (χ1n) is 18.5. The van der Waals surface area contributed by atoms with Crippen molar-refractivity contribution < 1.29 is 33.3 Å². The number of benzene rings is 4. The average Bonchev–Trinajstić information content (AvgIpc) is 3.49. The van der Waals surface area contributed by atoms with Crippen molar-refractivity contribution in [2.45, 2.75) is 72.4 Å². The van der Waals surface area contributed by atoms with Crippen LogP contribution in [0.4, 0.5) is 21.0 Å². The van der Waals surface area contributed by atoms with Gasteiger partial charge in [0.1, 0.15) is 29.0 Å². The lowest BCUT2D eigenvalue weighted by Crippen LogP contribution is -2.39. The van der Waals surface area contributed by atoms with E-state index >= 15 is 0 Å². The van der Waals surface area contributed by atoms with Gasteiger partial charge in [0.25, 0.3) is 0 Å². The minimum Gasteiger partial charge on any atom is -0.497 e. The van der Waals surface area contributed by atoms with E-state index in [1.807, 2.05) is 90.1 Å². The molecular formula is C44H56N4O7. The number of ether oxygens (including phenoxy) is 4. The van der Waals surface area contributed by atoms with Crippen molar-refractivity contribution in [1.82, 2.24) is 9.80 Å². The molecule has 6 rings (SSSR count). The summed E-state index contributed by atoms with van der Waals surface area (Å²) < 4.78 is 21.2. The molecule has 55 heavy (non-hydrogen) atoms. The normalized spacial score (nSPS) is 13.7. The van der Waals surface area contributed by atoms with Gasteiger partial charge in [-0.15, -0.1) is 0 Å². The molecule has 4 aromatic rings. The van der Waals surface area contributed by atoms with Gasteiger partial charge in [-0.1, -0.05) is 60.7 Å². The summed E-state index contributed by atoms with van der Waals surface area (Å²) in [5, 5.41) is 3.32. The lowest BCUT2D eigenvalue weighted by molar-refractivity contribution is 0.0234.